The number of carbonyl (C=O) groups is 1. The molecule has 0 aliphatic carbocycles. The molecule has 19 heavy (non-hydrogen) atoms. The van der Waals surface area contributed by atoms with E-state index in [1.165, 1.54) is 7.11 Å². The van der Waals surface area contributed by atoms with Gasteiger partial charge in [0.25, 0.3) is 0 Å². The second-order valence-electron chi connectivity index (χ2n) is 3.97. The first-order valence-corrected chi connectivity index (χ1v) is 5.84. The molecule has 0 fully saturated rings. The molecule has 0 saturated carbocycles. The number of furan rings is 1. The lowest BCUT2D eigenvalue weighted by molar-refractivity contribution is -0.139. The predicted molar refractivity (Wildman–Crippen MR) is 68.9 cm³/mol. The molecule has 2 rings (SSSR count). The van der Waals surface area contributed by atoms with Gasteiger partial charge in [0.1, 0.15) is 17.6 Å². The fraction of sp³-hybridized carbons (Fsp3) is 0.214. The molecule has 0 amide bonds. The molecule has 0 radical (unpaired) electrons. The minimum atomic E-state index is -0.962. The molecular weight excluding hydrogens is 246 g/mol. The number of carboxylic acid groups (broad SMARTS) is 1. The number of ether oxygens (including phenoxy) is 1. The van der Waals surface area contributed by atoms with Crippen LogP contribution in [-0.4, -0.2) is 18.2 Å². The Bertz CT molecular complexity index is 536. The first-order chi connectivity index (χ1) is 9.22. The van der Waals surface area contributed by atoms with Crippen molar-refractivity contribution in [1.29, 1.82) is 0 Å². The maximum absolute atomic E-state index is 11.4. The van der Waals surface area contributed by atoms with Crippen LogP contribution >= 0.6 is 0 Å². The SMILES string of the molecule is COc1ccccc1C(NCc1ccco1)C(=O)O. The molecule has 0 aliphatic rings. The molecule has 1 atom stereocenters. The summed E-state index contributed by atoms with van der Waals surface area (Å²) in [5.74, 6) is 0.263. The zero-order valence-corrected chi connectivity index (χ0v) is 10.5. The van der Waals surface area contributed by atoms with E-state index in [0.717, 1.165) is 0 Å². The second-order valence-corrected chi connectivity index (χ2v) is 3.97. The molecule has 5 heteroatoms. The van der Waals surface area contributed by atoms with Crippen LogP contribution in [0, 0.1) is 0 Å². The summed E-state index contributed by atoms with van der Waals surface area (Å²) in [4.78, 5) is 11.4. The molecule has 0 saturated heterocycles. The van der Waals surface area contributed by atoms with E-state index in [2.05, 4.69) is 5.32 Å². The summed E-state index contributed by atoms with van der Waals surface area (Å²) in [5, 5.41) is 12.3. The largest absolute Gasteiger partial charge is 0.496 e. The van der Waals surface area contributed by atoms with Crippen LogP contribution in [0.2, 0.25) is 0 Å². The maximum Gasteiger partial charge on any atom is 0.325 e. The molecule has 1 aromatic carbocycles. The standard InChI is InChI=1S/C14H15NO4/c1-18-12-7-3-2-6-11(12)13(14(16)17)15-9-10-5-4-8-19-10/h2-8,13,15H,9H2,1H3,(H,16,17). The Balaban J connectivity index is 2.17. The smallest absolute Gasteiger partial charge is 0.325 e. The van der Waals surface area contributed by atoms with Gasteiger partial charge in [-0.05, 0) is 18.2 Å². The number of methoxy groups -OCH3 is 1. The van der Waals surface area contributed by atoms with Crippen LogP contribution < -0.4 is 10.1 Å². The lowest BCUT2D eigenvalue weighted by Gasteiger charge is -2.16. The Morgan fingerprint density at radius 1 is 1.37 bits per heavy atom. The number of aliphatic carboxylic acids is 1. The predicted octanol–water partition coefficient (Wildman–Crippen LogP) is 2.20. The van der Waals surface area contributed by atoms with Gasteiger partial charge in [-0.2, -0.15) is 0 Å². The van der Waals surface area contributed by atoms with Crippen molar-refractivity contribution in [2.75, 3.05) is 7.11 Å². The summed E-state index contributed by atoms with van der Waals surface area (Å²) >= 11 is 0. The van der Waals surface area contributed by atoms with Gasteiger partial charge in [0.2, 0.25) is 0 Å². The van der Waals surface area contributed by atoms with E-state index in [9.17, 15) is 9.90 Å². The lowest BCUT2D eigenvalue weighted by Crippen LogP contribution is -2.28. The topological polar surface area (TPSA) is 71.7 Å². The van der Waals surface area contributed by atoms with Crippen molar-refractivity contribution in [1.82, 2.24) is 5.32 Å². The van der Waals surface area contributed by atoms with Gasteiger partial charge in [0, 0.05) is 5.56 Å². The summed E-state index contributed by atoms with van der Waals surface area (Å²) in [6.45, 7) is 0.335. The summed E-state index contributed by atoms with van der Waals surface area (Å²) in [6, 6.07) is 9.74. The Labute approximate surface area is 110 Å². The summed E-state index contributed by atoms with van der Waals surface area (Å²) in [6.07, 6.45) is 1.55. The Kier molecular flexibility index (Phi) is 4.20. The molecule has 2 aromatic rings. The lowest BCUT2D eigenvalue weighted by atomic mass is 10.1. The third-order valence-corrected chi connectivity index (χ3v) is 2.76. The zero-order chi connectivity index (χ0) is 13.7. The second kappa shape index (κ2) is 6.06. The summed E-state index contributed by atoms with van der Waals surface area (Å²) in [7, 11) is 1.52. The highest BCUT2D eigenvalue weighted by atomic mass is 16.5. The van der Waals surface area contributed by atoms with Gasteiger partial charge in [-0.1, -0.05) is 18.2 Å². The van der Waals surface area contributed by atoms with Gasteiger partial charge in [-0.15, -0.1) is 0 Å². The fourth-order valence-electron chi connectivity index (χ4n) is 1.85. The molecule has 1 aromatic heterocycles. The number of hydrogen-bond donors (Lipinski definition) is 2. The Morgan fingerprint density at radius 2 is 2.16 bits per heavy atom. The normalized spacial score (nSPS) is 12.1. The van der Waals surface area contributed by atoms with Crippen LogP contribution in [0.4, 0.5) is 0 Å². The number of benzene rings is 1. The third-order valence-electron chi connectivity index (χ3n) is 2.76. The highest BCUT2D eigenvalue weighted by Crippen LogP contribution is 2.25. The molecule has 100 valence electrons. The van der Waals surface area contributed by atoms with Crippen molar-refractivity contribution in [3.63, 3.8) is 0 Å². The van der Waals surface area contributed by atoms with Gasteiger partial charge in [-0.25, -0.2) is 0 Å². The van der Waals surface area contributed by atoms with Crippen LogP contribution in [0.15, 0.2) is 47.1 Å². The molecule has 1 heterocycles. The number of para-hydroxylation sites is 1. The van der Waals surface area contributed by atoms with Crippen LogP contribution in [0.1, 0.15) is 17.4 Å². The highest BCUT2D eigenvalue weighted by molar-refractivity contribution is 5.76. The average molecular weight is 261 g/mol. The molecule has 1 unspecified atom stereocenters. The van der Waals surface area contributed by atoms with Gasteiger partial charge in [0.05, 0.1) is 19.9 Å². The van der Waals surface area contributed by atoms with Crippen molar-refractivity contribution >= 4 is 5.97 Å². The first kappa shape index (κ1) is 13.2. The molecular formula is C14H15NO4. The van der Waals surface area contributed by atoms with Crippen LogP contribution in [0.5, 0.6) is 5.75 Å². The van der Waals surface area contributed by atoms with Gasteiger partial charge >= 0.3 is 5.97 Å². The fourth-order valence-corrected chi connectivity index (χ4v) is 1.85. The van der Waals surface area contributed by atoms with E-state index in [0.29, 0.717) is 23.6 Å². The van der Waals surface area contributed by atoms with Crippen molar-refractivity contribution in [3.8, 4) is 5.75 Å². The minimum Gasteiger partial charge on any atom is -0.496 e. The van der Waals surface area contributed by atoms with Crippen LogP contribution in [0.25, 0.3) is 0 Å². The highest BCUT2D eigenvalue weighted by Gasteiger charge is 2.22. The van der Waals surface area contributed by atoms with Crippen molar-refractivity contribution in [2.45, 2.75) is 12.6 Å². The molecule has 0 spiro atoms. The number of rotatable bonds is 6. The van der Waals surface area contributed by atoms with Crippen molar-refractivity contribution in [2.24, 2.45) is 0 Å². The average Bonchev–Trinajstić information content (AvgIpc) is 2.92. The Hall–Kier alpha value is -2.27. The third kappa shape index (κ3) is 3.14. The van der Waals surface area contributed by atoms with Crippen LogP contribution in [-0.2, 0) is 11.3 Å². The van der Waals surface area contributed by atoms with Crippen LogP contribution in [0.3, 0.4) is 0 Å². The minimum absolute atomic E-state index is 0.335. The van der Waals surface area contributed by atoms with E-state index in [1.807, 2.05) is 0 Å². The molecule has 0 aliphatic heterocycles. The van der Waals surface area contributed by atoms with Crippen molar-refractivity contribution < 1.29 is 19.1 Å². The van der Waals surface area contributed by atoms with E-state index in [1.54, 1.807) is 42.7 Å². The molecule has 2 N–H and O–H groups in total. The summed E-state index contributed by atoms with van der Waals surface area (Å²) < 4.78 is 10.4. The number of carboxylic acids is 1. The first-order valence-electron chi connectivity index (χ1n) is 5.84. The number of nitrogens with one attached hydrogen (secondary N) is 1. The van der Waals surface area contributed by atoms with E-state index in [4.69, 9.17) is 9.15 Å². The van der Waals surface area contributed by atoms with E-state index < -0.39 is 12.0 Å². The Morgan fingerprint density at radius 3 is 2.79 bits per heavy atom. The molecule has 0 bridgehead atoms. The van der Waals surface area contributed by atoms with Gasteiger partial charge in [-0.3, -0.25) is 10.1 Å². The van der Waals surface area contributed by atoms with E-state index >= 15 is 0 Å². The van der Waals surface area contributed by atoms with Gasteiger partial charge in [0.15, 0.2) is 0 Å². The maximum atomic E-state index is 11.4. The zero-order valence-electron chi connectivity index (χ0n) is 10.5. The molecule has 5 nitrogen and oxygen atoms in total. The quantitative estimate of drug-likeness (QED) is 0.834. The number of hydrogen-bond acceptors (Lipinski definition) is 4. The monoisotopic (exact) mass is 261 g/mol. The van der Waals surface area contributed by atoms with Crippen molar-refractivity contribution in [3.05, 3.63) is 54.0 Å². The summed E-state index contributed by atoms with van der Waals surface area (Å²) in [5.41, 5.74) is 0.587. The van der Waals surface area contributed by atoms with Gasteiger partial charge < -0.3 is 14.3 Å². The van der Waals surface area contributed by atoms with E-state index in [-0.39, 0.29) is 0 Å².